The highest BCUT2D eigenvalue weighted by atomic mass is 32.2. The van der Waals surface area contributed by atoms with Crippen LogP contribution in [0.1, 0.15) is 22.3 Å². The third-order valence-corrected chi connectivity index (χ3v) is 5.17. The molecule has 0 spiro atoms. The fourth-order valence-electron chi connectivity index (χ4n) is 2.57. The predicted octanol–water partition coefficient (Wildman–Crippen LogP) is 3.85. The summed E-state index contributed by atoms with van der Waals surface area (Å²) in [5.41, 5.74) is -0.560. The summed E-state index contributed by atoms with van der Waals surface area (Å²) < 4.78 is 38.3. The van der Waals surface area contributed by atoms with Crippen molar-refractivity contribution in [3.8, 4) is 0 Å². The van der Waals surface area contributed by atoms with Crippen molar-refractivity contribution in [1.29, 1.82) is 0 Å². The second-order valence-electron chi connectivity index (χ2n) is 5.94. The maximum absolute atomic E-state index is 12.8. The van der Waals surface area contributed by atoms with E-state index in [0.717, 1.165) is 23.9 Å². The van der Waals surface area contributed by atoms with Gasteiger partial charge < -0.3 is 15.7 Å². The Labute approximate surface area is 161 Å². The number of carbonyl (C=O) groups excluding carboxylic acids is 2. The second-order valence-corrected chi connectivity index (χ2v) is 7.19. The van der Waals surface area contributed by atoms with Gasteiger partial charge in [0.15, 0.2) is 0 Å². The van der Waals surface area contributed by atoms with E-state index in [9.17, 15) is 27.6 Å². The van der Waals surface area contributed by atoms with E-state index in [1.807, 2.05) is 0 Å². The van der Waals surface area contributed by atoms with E-state index in [0.29, 0.717) is 4.90 Å². The summed E-state index contributed by atoms with van der Waals surface area (Å²) in [5.74, 6) is -2.25. The highest BCUT2D eigenvalue weighted by molar-refractivity contribution is 8.01. The zero-order chi connectivity index (χ0) is 20.5. The Balaban J connectivity index is 1.69. The van der Waals surface area contributed by atoms with E-state index >= 15 is 0 Å². The zero-order valence-electron chi connectivity index (χ0n) is 14.0. The van der Waals surface area contributed by atoms with E-state index in [1.165, 1.54) is 30.3 Å². The molecule has 0 saturated carbocycles. The van der Waals surface area contributed by atoms with Crippen LogP contribution in [-0.2, 0) is 15.8 Å². The topological polar surface area (TPSA) is 95.5 Å². The van der Waals surface area contributed by atoms with Crippen LogP contribution in [0.3, 0.4) is 0 Å². The van der Waals surface area contributed by atoms with Crippen molar-refractivity contribution in [3.05, 3.63) is 53.6 Å². The summed E-state index contributed by atoms with van der Waals surface area (Å²) in [5, 5.41) is 13.0. The lowest BCUT2D eigenvalue weighted by molar-refractivity contribution is -0.137. The molecule has 1 aliphatic rings. The number of halogens is 3. The normalized spacial score (nSPS) is 16.1. The summed E-state index contributed by atoms with van der Waals surface area (Å²) in [6, 6.07) is 8.65. The van der Waals surface area contributed by atoms with Gasteiger partial charge in [0.05, 0.1) is 22.1 Å². The molecule has 0 unspecified atom stereocenters. The number of benzene rings is 2. The van der Waals surface area contributed by atoms with Crippen LogP contribution in [0.4, 0.5) is 24.5 Å². The van der Waals surface area contributed by atoms with Crippen molar-refractivity contribution in [2.75, 3.05) is 10.6 Å². The van der Waals surface area contributed by atoms with Gasteiger partial charge in [0.1, 0.15) is 0 Å². The molecule has 10 heteroatoms. The van der Waals surface area contributed by atoms with Gasteiger partial charge in [-0.25, -0.2) is 4.79 Å². The van der Waals surface area contributed by atoms with Crippen molar-refractivity contribution in [2.24, 2.45) is 0 Å². The quantitative estimate of drug-likeness (QED) is 0.712. The molecule has 0 aromatic heterocycles. The maximum atomic E-state index is 12.8. The van der Waals surface area contributed by atoms with Gasteiger partial charge in [-0.1, -0.05) is 6.07 Å². The number of rotatable bonds is 4. The fraction of sp³-hybridized carbons (Fsp3) is 0.167. The molecule has 0 radical (unpaired) electrons. The van der Waals surface area contributed by atoms with Gasteiger partial charge in [0, 0.05) is 17.0 Å². The monoisotopic (exact) mass is 410 g/mol. The maximum Gasteiger partial charge on any atom is 0.416 e. The molecule has 3 rings (SSSR count). The average Bonchev–Trinajstić information content (AvgIpc) is 2.61. The first-order valence-electron chi connectivity index (χ1n) is 7.95. The van der Waals surface area contributed by atoms with Crippen molar-refractivity contribution in [2.45, 2.75) is 22.7 Å². The van der Waals surface area contributed by atoms with Gasteiger partial charge in [-0.15, -0.1) is 11.8 Å². The third-order valence-electron chi connectivity index (χ3n) is 3.89. The first-order valence-corrected chi connectivity index (χ1v) is 8.83. The fourth-order valence-corrected chi connectivity index (χ4v) is 3.66. The highest BCUT2D eigenvalue weighted by Gasteiger charge is 2.34. The molecule has 2 aromatic carbocycles. The molecule has 2 aromatic rings. The zero-order valence-corrected chi connectivity index (χ0v) is 14.9. The average molecular weight is 410 g/mol. The van der Waals surface area contributed by atoms with Gasteiger partial charge in [0.25, 0.3) is 0 Å². The van der Waals surface area contributed by atoms with Gasteiger partial charge >= 0.3 is 12.1 Å². The van der Waals surface area contributed by atoms with Crippen LogP contribution in [0.5, 0.6) is 0 Å². The molecule has 0 aliphatic carbocycles. The van der Waals surface area contributed by atoms with Gasteiger partial charge in [0.2, 0.25) is 11.8 Å². The van der Waals surface area contributed by atoms with Crippen LogP contribution in [0.25, 0.3) is 0 Å². The van der Waals surface area contributed by atoms with Gasteiger partial charge in [-0.05, 0) is 36.4 Å². The lowest BCUT2D eigenvalue weighted by Gasteiger charge is -2.24. The Kier molecular flexibility index (Phi) is 5.32. The number of alkyl halides is 3. The van der Waals surface area contributed by atoms with E-state index in [2.05, 4.69) is 10.6 Å². The Hall–Kier alpha value is -3.01. The summed E-state index contributed by atoms with van der Waals surface area (Å²) in [7, 11) is 0. The molecule has 0 bridgehead atoms. The van der Waals surface area contributed by atoms with E-state index in [-0.39, 0.29) is 23.4 Å². The molecule has 1 aliphatic heterocycles. The number of hydrogen-bond acceptors (Lipinski definition) is 4. The molecule has 6 nitrogen and oxygen atoms in total. The molecule has 146 valence electrons. The van der Waals surface area contributed by atoms with E-state index < -0.39 is 34.8 Å². The van der Waals surface area contributed by atoms with Crippen LogP contribution >= 0.6 is 11.8 Å². The molecule has 0 fully saturated rings. The number of carbonyl (C=O) groups is 3. The number of aromatic carboxylic acids is 1. The lowest BCUT2D eigenvalue weighted by Crippen LogP contribution is -2.32. The summed E-state index contributed by atoms with van der Waals surface area (Å²) >= 11 is 0.997. The molecular formula is C18H13F3N2O4S. The van der Waals surface area contributed by atoms with Gasteiger partial charge in [-0.3, -0.25) is 9.59 Å². The first kappa shape index (κ1) is 19.7. The minimum atomic E-state index is -4.52. The smallest absolute Gasteiger partial charge is 0.416 e. The Morgan fingerprint density at radius 3 is 2.61 bits per heavy atom. The number of thioether (sulfide) groups is 1. The Morgan fingerprint density at radius 2 is 1.93 bits per heavy atom. The molecule has 1 atom stereocenters. The van der Waals surface area contributed by atoms with E-state index in [1.54, 1.807) is 0 Å². The summed E-state index contributed by atoms with van der Waals surface area (Å²) in [6.07, 6.45) is -4.75. The number of fused-ring (bicyclic) bond motifs is 1. The number of hydrogen-bond donors (Lipinski definition) is 3. The van der Waals surface area contributed by atoms with Crippen LogP contribution < -0.4 is 10.6 Å². The molecule has 0 saturated heterocycles. The van der Waals surface area contributed by atoms with E-state index in [4.69, 9.17) is 5.11 Å². The Bertz CT molecular complexity index is 962. The minimum absolute atomic E-state index is 0.00280. The van der Waals surface area contributed by atoms with Crippen molar-refractivity contribution < 1.29 is 32.7 Å². The minimum Gasteiger partial charge on any atom is -0.478 e. The van der Waals surface area contributed by atoms with Gasteiger partial charge in [-0.2, -0.15) is 13.2 Å². The third kappa shape index (κ3) is 4.45. The number of anilines is 2. The summed E-state index contributed by atoms with van der Waals surface area (Å²) in [6.45, 7) is 0. The van der Waals surface area contributed by atoms with Crippen molar-refractivity contribution >= 4 is 40.9 Å². The van der Waals surface area contributed by atoms with Crippen LogP contribution in [0, 0.1) is 0 Å². The molecule has 3 N–H and O–H groups in total. The SMILES string of the molecule is O=C(C[C@H]1Sc2ccc(C(F)(F)F)cc2NC1=O)Nc1cccc(C(=O)O)c1. The number of carboxylic acid groups (broad SMARTS) is 1. The largest absolute Gasteiger partial charge is 0.478 e. The second kappa shape index (κ2) is 7.55. The highest BCUT2D eigenvalue weighted by Crippen LogP contribution is 2.40. The van der Waals surface area contributed by atoms with Crippen molar-refractivity contribution in [1.82, 2.24) is 0 Å². The summed E-state index contributed by atoms with van der Waals surface area (Å²) in [4.78, 5) is 35.8. The number of carboxylic acids is 1. The molecule has 1 heterocycles. The van der Waals surface area contributed by atoms with Crippen LogP contribution in [0.15, 0.2) is 47.4 Å². The Morgan fingerprint density at radius 1 is 1.18 bits per heavy atom. The van der Waals surface area contributed by atoms with Crippen molar-refractivity contribution in [3.63, 3.8) is 0 Å². The molecule has 28 heavy (non-hydrogen) atoms. The standard InChI is InChI=1S/C18H13F3N2O4S/c19-18(20,21)10-4-5-13-12(7-10)23-16(25)14(28-13)8-15(24)22-11-3-1-2-9(6-11)17(26)27/h1-7,14H,8H2,(H,22,24)(H,23,25)(H,26,27)/t14-/m1/s1. The lowest BCUT2D eigenvalue weighted by atomic mass is 10.1. The number of amides is 2. The van der Waals surface area contributed by atoms with Crippen LogP contribution in [-0.4, -0.2) is 28.1 Å². The molecule has 2 amide bonds. The first-order chi connectivity index (χ1) is 13.1. The predicted molar refractivity (Wildman–Crippen MR) is 96.4 cm³/mol. The van der Waals surface area contributed by atoms with Crippen LogP contribution in [0.2, 0.25) is 0 Å². The molecular weight excluding hydrogens is 397 g/mol. The number of nitrogens with one attached hydrogen (secondary N) is 2.